The minimum Gasteiger partial charge on any atom is -0.480 e. The minimum atomic E-state index is -0.678. The third-order valence-corrected chi connectivity index (χ3v) is 3.42. The van der Waals surface area contributed by atoms with Crippen LogP contribution in [0.4, 0.5) is 0 Å². The van der Waals surface area contributed by atoms with Crippen LogP contribution < -0.4 is 0 Å². The number of nitrogens with zero attached hydrogens (tertiary/aromatic N) is 1. The van der Waals surface area contributed by atoms with Gasteiger partial charge in [-0.25, -0.2) is 0 Å². The lowest BCUT2D eigenvalue weighted by Gasteiger charge is -2.23. The summed E-state index contributed by atoms with van der Waals surface area (Å²) in [6.07, 6.45) is 3.82. The second-order valence-electron chi connectivity index (χ2n) is 4.62. The van der Waals surface area contributed by atoms with E-state index in [0.29, 0.717) is 6.42 Å². The highest BCUT2D eigenvalue weighted by atomic mass is 16.4. The molecule has 0 aromatic heterocycles. The van der Waals surface area contributed by atoms with Gasteiger partial charge in [0.1, 0.15) is 6.04 Å². The Bertz CT molecular complexity index is 358. The number of hydrogen-bond donors (Lipinski definition) is 1. The first-order chi connectivity index (χ1) is 8.27. The molecule has 1 atom stereocenters. The van der Waals surface area contributed by atoms with E-state index in [1.165, 1.54) is 5.56 Å². The Hall–Kier alpha value is -1.35. The summed E-state index contributed by atoms with van der Waals surface area (Å²) in [5.41, 5.74) is 1.22. The van der Waals surface area contributed by atoms with Crippen molar-refractivity contribution >= 4 is 5.97 Å². The second kappa shape index (κ2) is 5.82. The fourth-order valence-electron chi connectivity index (χ4n) is 2.46. The first-order valence-corrected chi connectivity index (χ1v) is 6.28. The quantitative estimate of drug-likeness (QED) is 0.847. The van der Waals surface area contributed by atoms with Crippen molar-refractivity contribution in [3.63, 3.8) is 0 Å². The van der Waals surface area contributed by atoms with Gasteiger partial charge in [0, 0.05) is 0 Å². The Morgan fingerprint density at radius 2 is 1.88 bits per heavy atom. The predicted molar refractivity (Wildman–Crippen MR) is 67.0 cm³/mol. The number of carboxylic acid groups (broad SMARTS) is 1. The standard InChI is InChI=1S/C14H19NO2/c16-14(17)13(15-10-4-5-11-15)9-8-12-6-2-1-3-7-12/h1-3,6-7,13H,4-5,8-11H2,(H,16,17). The normalized spacial score (nSPS) is 18.1. The van der Waals surface area contributed by atoms with E-state index in [1.54, 1.807) is 0 Å². The third-order valence-electron chi connectivity index (χ3n) is 3.42. The topological polar surface area (TPSA) is 40.5 Å². The zero-order valence-corrected chi connectivity index (χ0v) is 10.0. The number of carbonyl (C=O) groups is 1. The molecule has 1 unspecified atom stereocenters. The minimum absolute atomic E-state index is 0.308. The Balaban J connectivity index is 1.92. The van der Waals surface area contributed by atoms with Crippen molar-refractivity contribution in [1.82, 2.24) is 4.90 Å². The molecular formula is C14H19NO2. The highest BCUT2D eigenvalue weighted by molar-refractivity contribution is 5.73. The number of likely N-dealkylation sites (tertiary alicyclic amines) is 1. The van der Waals surface area contributed by atoms with Gasteiger partial charge in [-0.3, -0.25) is 9.69 Å². The van der Waals surface area contributed by atoms with Crippen molar-refractivity contribution in [1.29, 1.82) is 0 Å². The monoisotopic (exact) mass is 233 g/mol. The van der Waals surface area contributed by atoms with Gasteiger partial charge in [-0.05, 0) is 44.3 Å². The van der Waals surface area contributed by atoms with Crippen molar-refractivity contribution < 1.29 is 9.90 Å². The zero-order chi connectivity index (χ0) is 12.1. The number of hydrogen-bond acceptors (Lipinski definition) is 2. The van der Waals surface area contributed by atoms with Crippen LogP contribution in [0.1, 0.15) is 24.8 Å². The molecule has 1 aromatic rings. The van der Waals surface area contributed by atoms with Gasteiger partial charge in [-0.15, -0.1) is 0 Å². The smallest absolute Gasteiger partial charge is 0.320 e. The molecule has 3 nitrogen and oxygen atoms in total. The number of aliphatic carboxylic acids is 1. The summed E-state index contributed by atoms with van der Waals surface area (Å²) in [7, 11) is 0. The van der Waals surface area contributed by atoms with Gasteiger partial charge in [-0.2, -0.15) is 0 Å². The summed E-state index contributed by atoms with van der Waals surface area (Å²) < 4.78 is 0. The Kier molecular flexibility index (Phi) is 4.15. The van der Waals surface area contributed by atoms with E-state index < -0.39 is 5.97 Å². The van der Waals surface area contributed by atoms with Crippen LogP contribution in [0, 0.1) is 0 Å². The number of benzene rings is 1. The lowest BCUT2D eigenvalue weighted by Crippen LogP contribution is -2.39. The van der Waals surface area contributed by atoms with E-state index >= 15 is 0 Å². The number of rotatable bonds is 5. The molecule has 1 aromatic carbocycles. The highest BCUT2D eigenvalue weighted by Crippen LogP contribution is 2.16. The van der Waals surface area contributed by atoms with Crippen LogP contribution in [0.25, 0.3) is 0 Å². The molecule has 1 fully saturated rings. The van der Waals surface area contributed by atoms with E-state index in [2.05, 4.69) is 17.0 Å². The molecule has 1 N–H and O–H groups in total. The van der Waals surface area contributed by atoms with Crippen LogP contribution in [0.3, 0.4) is 0 Å². The van der Waals surface area contributed by atoms with E-state index in [1.807, 2.05) is 18.2 Å². The van der Waals surface area contributed by atoms with Crippen LogP contribution in [0.2, 0.25) is 0 Å². The van der Waals surface area contributed by atoms with Crippen molar-refractivity contribution in [3.8, 4) is 0 Å². The molecule has 1 aliphatic rings. The summed E-state index contributed by atoms with van der Waals surface area (Å²) >= 11 is 0. The third kappa shape index (κ3) is 3.30. The van der Waals surface area contributed by atoms with Gasteiger partial charge in [0.25, 0.3) is 0 Å². The maximum Gasteiger partial charge on any atom is 0.320 e. The molecule has 0 saturated carbocycles. The molecule has 1 aliphatic heterocycles. The summed E-state index contributed by atoms with van der Waals surface area (Å²) in [5.74, 6) is -0.678. The highest BCUT2D eigenvalue weighted by Gasteiger charge is 2.27. The molecule has 3 heteroatoms. The predicted octanol–water partition coefficient (Wildman–Crippen LogP) is 2.17. The van der Waals surface area contributed by atoms with Crippen LogP contribution >= 0.6 is 0 Å². The van der Waals surface area contributed by atoms with Gasteiger partial charge in [0.15, 0.2) is 0 Å². The van der Waals surface area contributed by atoms with E-state index in [-0.39, 0.29) is 6.04 Å². The van der Waals surface area contributed by atoms with Crippen LogP contribution in [-0.4, -0.2) is 35.1 Å². The number of aryl methyl sites for hydroxylation is 1. The first kappa shape index (κ1) is 12.1. The van der Waals surface area contributed by atoms with Gasteiger partial charge in [-0.1, -0.05) is 30.3 Å². The van der Waals surface area contributed by atoms with Gasteiger partial charge in [0.05, 0.1) is 0 Å². The molecule has 0 radical (unpaired) electrons. The first-order valence-electron chi connectivity index (χ1n) is 6.28. The number of carboxylic acids is 1. The fraction of sp³-hybridized carbons (Fsp3) is 0.500. The molecular weight excluding hydrogens is 214 g/mol. The summed E-state index contributed by atoms with van der Waals surface area (Å²) in [5, 5.41) is 9.27. The SMILES string of the molecule is O=C(O)C(CCc1ccccc1)N1CCCC1. The molecule has 0 bridgehead atoms. The van der Waals surface area contributed by atoms with Gasteiger partial charge >= 0.3 is 5.97 Å². The van der Waals surface area contributed by atoms with E-state index in [4.69, 9.17) is 0 Å². The fourth-order valence-corrected chi connectivity index (χ4v) is 2.46. The van der Waals surface area contributed by atoms with Crippen LogP contribution in [0.15, 0.2) is 30.3 Å². The molecule has 17 heavy (non-hydrogen) atoms. The maximum atomic E-state index is 11.3. The Morgan fingerprint density at radius 1 is 1.24 bits per heavy atom. The van der Waals surface area contributed by atoms with Gasteiger partial charge < -0.3 is 5.11 Å². The molecule has 0 aliphatic carbocycles. The largest absolute Gasteiger partial charge is 0.480 e. The lowest BCUT2D eigenvalue weighted by molar-refractivity contribution is -0.143. The summed E-state index contributed by atoms with van der Waals surface area (Å²) in [4.78, 5) is 13.4. The maximum absolute atomic E-state index is 11.3. The second-order valence-corrected chi connectivity index (χ2v) is 4.62. The molecule has 1 saturated heterocycles. The van der Waals surface area contributed by atoms with Crippen molar-refractivity contribution in [2.45, 2.75) is 31.7 Å². The van der Waals surface area contributed by atoms with E-state index in [9.17, 15) is 9.90 Å². The Labute approximate surface area is 102 Å². The van der Waals surface area contributed by atoms with Crippen LogP contribution in [0.5, 0.6) is 0 Å². The van der Waals surface area contributed by atoms with Crippen molar-refractivity contribution in [2.24, 2.45) is 0 Å². The molecule has 0 amide bonds. The van der Waals surface area contributed by atoms with Crippen LogP contribution in [-0.2, 0) is 11.2 Å². The average molecular weight is 233 g/mol. The zero-order valence-electron chi connectivity index (χ0n) is 10.0. The lowest BCUT2D eigenvalue weighted by atomic mass is 10.0. The Morgan fingerprint density at radius 3 is 2.47 bits per heavy atom. The van der Waals surface area contributed by atoms with Crippen molar-refractivity contribution in [3.05, 3.63) is 35.9 Å². The van der Waals surface area contributed by atoms with Crippen molar-refractivity contribution in [2.75, 3.05) is 13.1 Å². The molecule has 2 rings (SSSR count). The van der Waals surface area contributed by atoms with Gasteiger partial charge in [0.2, 0.25) is 0 Å². The summed E-state index contributed by atoms with van der Waals surface area (Å²) in [6.45, 7) is 1.87. The molecule has 0 spiro atoms. The van der Waals surface area contributed by atoms with E-state index in [0.717, 1.165) is 32.4 Å². The average Bonchev–Trinajstić information content (AvgIpc) is 2.84. The summed E-state index contributed by atoms with van der Waals surface area (Å²) in [6, 6.07) is 9.80. The molecule has 92 valence electrons. The molecule has 1 heterocycles.